The average molecular weight is 478 g/mol. The molecule has 4 heteroatoms. The third-order valence-electron chi connectivity index (χ3n) is 5.76. The summed E-state index contributed by atoms with van der Waals surface area (Å²) >= 11 is 0. The molecule has 0 aliphatic rings. The molecular weight excluding hydrogens is 446 g/mol. The Morgan fingerprint density at radius 3 is 1.83 bits per heavy atom. The zero-order chi connectivity index (χ0) is 25.5. The minimum atomic E-state index is -0.409. The Kier molecular flexibility index (Phi) is 7.86. The van der Waals surface area contributed by atoms with E-state index >= 15 is 0 Å². The van der Waals surface area contributed by atoms with Gasteiger partial charge in [0.05, 0.1) is 0 Å². The van der Waals surface area contributed by atoms with Crippen LogP contribution in [0.3, 0.4) is 0 Å². The highest BCUT2D eigenvalue weighted by atomic mass is 16.6. The summed E-state index contributed by atoms with van der Waals surface area (Å²) in [5.74, 6) is 0.300. The van der Waals surface area contributed by atoms with E-state index in [2.05, 4.69) is 91.2 Å². The van der Waals surface area contributed by atoms with Crippen molar-refractivity contribution < 1.29 is 14.3 Å². The molecule has 1 unspecified atom stereocenters. The van der Waals surface area contributed by atoms with E-state index in [1.54, 1.807) is 13.8 Å². The number of hydrogen-bond donors (Lipinski definition) is 0. The summed E-state index contributed by atoms with van der Waals surface area (Å²) in [4.78, 5) is 13.9. The fourth-order valence-corrected chi connectivity index (χ4v) is 3.80. The first-order valence-electron chi connectivity index (χ1n) is 12.0. The summed E-state index contributed by atoms with van der Waals surface area (Å²) in [6.07, 6.45) is -0.374. The number of esters is 1. The topological polar surface area (TPSA) is 38.8 Å². The predicted octanol–water partition coefficient (Wildman–Crippen LogP) is 8.02. The van der Waals surface area contributed by atoms with Crippen LogP contribution in [-0.4, -0.2) is 18.7 Å². The van der Waals surface area contributed by atoms with Crippen LogP contribution >= 0.6 is 0 Å². The van der Waals surface area contributed by atoms with Crippen LogP contribution in [-0.2, 0) is 9.53 Å². The van der Waals surface area contributed by atoms with Crippen LogP contribution < -0.4 is 9.64 Å². The van der Waals surface area contributed by atoms with Gasteiger partial charge in [0.2, 0.25) is 0 Å². The van der Waals surface area contributed by atoms with Crippen LogP contribution in [0.2, 0.25) is 0 Å². The van der Waals surface area contributed by atoms with E-state index in [1.165, 1.54) is 16.7 Å². The number of anilines is 3. The summed E-state index contributed by atoms with van der Waals surface area (Å²) in [6.45, 7) is 9.39. The highest BCUT2D eigenvalue weighted by molar-refractivity contribution is 5.87. The monoisotopic (exact) mass is 477 g/mol. The number of aryl methyl sites for hydroxylation is 1. The normalized spacial score (nSPS) is 11.4. The molecule has 1 atom stereocenters. The highest BCUT2D eigenvalue weighted by Crippen LogP contribution is 2.36. The molecule has 0 aliphatic carbocycles. The van der Waals surface area contributed by atoms with Gasteiger partial charge >= 0.3 is 5.97 Å². The van der Waals surface area contributed by atoms with Gasteiger partial charge in [-0.15, -0.1) is 0 Å². The lowest BCUT2D eigenvalue weighted by molar-refractivity contribution is -0.144. The molecule has 0 bridgehead atoms. The van der Waals surface area contributed by atoms with Gasteiger partial charge < -0.3 is 14.4 Å². The lowest BCUT2D eigenvalue weighted by Crippen LogP contribution is -2.22. The fraction of sp³-hybridized carbons (Fsp3) is 0.156. The second-order valence-electron chi connectivity index (χ2n) is 8.89. The van der Waals surface area contributed by atoms with E-state index < -0.39 is 5.97 Å². The fourth-order valence-electron chi connectivity index (χ4n) is 3.80. The van der Waals surface area contributed by atoms with Crippen LogP contribution in [0, 0.1) is 6.92 Å². The largest absolute Gasteiger partial charge is 0.490 e. The Bertz CT molecular complexity index is 1290. The smallest absolute Gasteiger partial charge is 0.333 e. The van der Waals surface area contributed by atoms with Crippen molar-refractivity contribution in [3.8, 4) is 16.9 Å². The van der Waals surface area contributed by atoms with Crippen molar-refractivity contribution in [2.45, 2.75) is 26.9 Å². The second-order valence-corrected chi connectivity index (χ2v) is 8.89. The van der Waals surface area contributed by atoms with E-state index in [0.29, 0.717) is 11.3 Å². The molecule has 0 aliphatic heterocycles. The number of nitrogens with zero attached hydrogens (tertiary/aromatic N) is 1. The summed E-state index contributed by atoms with van der Waals surface area (Å²) in [7, 11) is 0. The molecule has 0 radical (unpaired) electrons. The Labute approximate surface area is 213 Å². The number of hydrogen-bond acceptors (Lipinski definition) is 4. The number of carbonyl (C=O) groups is 1. The molecule has 0 amide bonds. The Balaban J connectivity index is 1.55. The molecule has 4 aromatic rings. The SMILES string of the molecule is C=C(C)C(=O)OC(C)COc1ccc(N(c2ccc(C)cc2)c2ccc(-c3ccccc3)cc2)cc1. The third kappa shape index (κ3) is 6.22. The number of rotatable bonds is 9. The van der Waals surface area contributed by atoms with Gasteiger partial charge in [0, 0.05) is 22.6 Å². The molecule has 0 aromatic heterocycles. The van der Waals surface area contributed by atoms with Crippen LogP contribution in [0.5, 0.6) is 5.75 Å². The molecule has 0 saturated carbocycles. The van der Waals surface area contributed by atoms with Gasteiger partial charge in [-0.25, -0.2) is 4.79 Å². The minimum absolute atomic E-state index is 0.265. The molecule has 182 valence electrons. The van der Waals surface area contributed by atoms with Crippen molar-refractivity contribution in [1.82, 2.24) is 0 Å². The molecule has 0 spiro atoms. The van der Waals surface area contributed by atoms with Crippen LogP contribution in [0.1, 0.15) is 19.4 Å². The predicted molar refractivity (Wildman–Crippen MR) is 147 cm³/mol. The maximum Gasteiger partial charge on any atom is 0.333 e. The van der Waals surface area contributed by atoms with Gasteiger partial charge in [0.1, 0.15) is 18.5 Å². The second kappa shape index (κ2) is 11.4. The number of benzene rings is 4. The lowest BCUT2D eigenvalue weighted by Gasteiger charge is -2.26. The Morgan fingerprint density at radius 2 is 1.28 bits per heavy atom. The molecule has 0 heterocycles. The minimum Gasteiger partial charge on any atom is -0.490 e. The lowest BCUT2D eigenvalue weighted by atomic mass is 10.0. The van der Waals surface area contributed by atoms with Crippen LogP contribution in [0.15, 0.2) is 115 Å². The van der Waals surface area contributed by atoms with Crippen molar-refractivity contribution >= 4 is 23.0 Å². The molecule has 0 saturated heterocycles. The van der Waals surface area contributed by atoms with Crippen molar-refractivity contribution in [1.29, 1.82) is 0 Å². The van der Waals surface area contributed by atoms with Crippen molar-refractivity contribution in [2.75, 3.05) is 11.5 Å². The molecule has 36 heavy (non-hydrogen) atoms. The first-order valence-corrected chi connectivity index (χ1v) is 12.0. The average Bonchev–Trinajstić information content (AvgIpc) is 2.90. The standard InChI is InChI=1S/C32H31NO3/c1-23(2)32(34)36-25(4)22-35-31-20-18-30(19-21-31)33(28-14-10-24(3)11-15-28)29-16-12-27(13-17-29)26-8-6-5-7-9-26/h5-21,25H,1,22H2,2-4H3. The van der Waals surface area contributed by atoms with Crippen molar-refractivity contribution in [2.24, 2.45) is 0 Å². The third-order valence-corrected chi connectivity index (χ3v) is 5.76. The Morgan fingerprint density at radius 1 is 0.778 bits per heavy atom. The van der Waals surface area contributed by atoms with Crippen molar-refractivity contribution in [3.63, 3.8) is 0 Å². The van der Waals surface area contributed by atoms with E-state index in [9.17, 15) is 4.79 Å². The van der Waals surface area contributed by atoms with E-state index in [-0.39, 0.29) is 12.7 Å². The molecule has 4 nitrogen and oxygen atoms in total. The molecule has 0 N–H and O–H groups in total. The van der Waals surface area contributed by atoms with Gasteiger partial charge in [-0.1, -0.05) is 66.7 Å². The maximum absolute atomic E-state index is 11.7. The van der Waals surface area contributed by atoms with Crippen molar-refractivity contribution in [3.05, 3.63) is 121 Å². The summed E-state index contributed by atoms with van der Waals surface area (Å²) in [5.41, 5.74) is 7.10. The molecule has 4 aromatic carbocycles. The van der Waals surface area contributed by atoms with Gasteiger partial charge in [-0.2, -0.15) is 0 Å². The summed E-state index contributed by atoms with van der Waals surface area (Å²) in [6, 6.07) is 35.4. The van der Waals surface area contributed by atoms with E-state index in [0.717, 1.165) is 17.1 Å². The van der Waals surface area contributed by atoms with Gasteiger partial charge in [-0.3, -0.25) is 0 Å². The first kappa shape index (κ1) is 24.8. The maximum atomic E-state index is 11.7. The van der Waals surface area contributed by atoms with E-state index in [4.69, 9.17) is 9.47 Å². The zero-order valence-electron chi connectivity index (χ0n) is 21.0. The van der Waals surface area contributed by atoms with Gasteiger partial charge in [0.15, 0.2) is 0 Å². The van der Waals surface area contributed by atoms with Crippen LogP contribution in [0.4, 0.5) is 17.1 Å². The molecule has 4 rings (SSSR count). The molecule has 0 fully saturated rings. The van der Waals surface area contributed by atoms with E-state index in [1.807, 2.05) is 30.3 Å². The summed E-state index contributed by atoms with van der Waals surface area (Å²) < 4.78 is 11.1. The zero-order valence-corrected chi connectivity index (χ0v) is 21.0. The number of ether oxygens (including phenoxy) is 2. The molecular formula is C32H31NO3. The Hall–Kier alpha value is -4.31. The quantitative estimate of drug-likeness (QED) is 0.181. The van der Waals surface area contributed by atoms with Gasteiger partial charge in [0.25, 0.3) is 0 Å². The van der Waals surface area contributed by atoms with Crippen LogP contribution in [0.25, 0.3) is 11.1 Å². The number of carbonyl (C=O) groups excluding carboxylic acids is 1. The first-order chi connectivity index (χ1) is 17.4. The van der Waals surface area contributed by atoms with Gasteiger partial charge in [-0.05, 0) is 80.4 Å². The summed E-state index contributed by atoms with van der Waals surface area (Å²) in [5, 5.41) is 0. The highest BCUT2D eigenvalue weighted by Gasteiger charge is 2.14.